The van der Waals surface area contributed by atoms with Gasteiger partial charge in [0.15, 0.2) is 5.16 Å². The summed E-state index contributed by atoms with van der Waals surface area (Å²) in [7, 11) is 0. The average molecular weight is 378 g/mol. The lowest BCUT2D eigenvalue weighted by Gasteiger charge is -2.56. The summed E-state index contributed by atoms with van der Waals surface area (Å²) in [5, 5.41) is 14.3. The van der Waals surface area contributed by atoms with Gasteiger partial charge in [0.25, 0.3) is 5.91 Å². The Morgan fingerprint density at radius 1 is 1.46 bits per heavy atom. The molecule has 1 aliphatic heterocycles. The number of thioether (sulfide) groups is 1. The van der Waals surface area contributed by atoms with E-state index in [0.29, 0.717) is 34.9 Å². The molecule has 1 amide bonds. The number of amides is 1. The Bertz CT molecular complexity index is 687. The Morgan fingerprint density at radius 3 is 2.92 bits per heavy atom. The average Bonchev–Trinajstić information content (AvgIpc) is 3.16. The van der Waals surface area contributed by atoms with Gasteiger partial charge in [-0.05, 0) is 50.2 Å². The molecule has 1 aromatic rings. The van der Waals surface area contributed by atoms with Gasteiger partial charge in [-0.15, -0.1) is 0 Å². The fourth-order valence-corrected chi connectivity index (χ4v) is 5.24. The predicted octanol–water partition coefficient (Wildman–Crippen LogP) is 2.72. The van der Waals surface area contributed by atoms with E-state index in [1.165, 1.54) is 11.8 Å². The first-order chi connectivity index (χ1) is 12.5. The minimum absolute atomic E-state index is 0.107. The van der Waals surface area contributed by atoms with Crippen LogP contribution in [0.2, 0.25) is 0 Å². The van der Waals surface area contributed by atoms with Gasteiger partial charge in [-0.2, -0.15) is 0 Å². The maximum absolute atomic E-state index is 13.1. The number of carbonyl (C=O) groups excluding carboxylic acids is 1. The second-order valence-corrected chi connectivity index (χ2v) is 8.70. The molecule has 7 heteroatoms. The number of hydrogen-bond donors (Lipinski definition) is 2. The Kier molecular flexibility index (Phi) is 4.96. The largest absolute Gasteiger partial charge is 0.390 e. The molecule has 0 aromatic carbocycles. The number of fused-ring (bicyclic) bond motifs is 2. The minimum atomic E-state index is -0.488. The molecule has 3 saturated carbocycles. The number of nitrogens with zero attached hydrogens (tertiary/aromatic N) is 2. The van der Waals surface area contributed by atoms with Crippen molar-refractivity contribution in [1.82, 2.24) is 15.3 Å². The first-order valence-corrected chi connectivity index (χ1v) is 10.8. The Morgan fingerprint density at radius 2 is 2.27 bits per heavy atom. The highest BCUT2D eigenvalue weighted by Crippen LogP contribution is 2.52. The second kappa shape index (κ2) is 7.09. The van der Waals surface area contributed by atoms with Crippen LogP contribution in [0.5, 0.6) is 0 Å². The van der Waals surface area contributed by atoms with Crippen molar-refractivity contribution in [3.63, 3.8) is 0 Å². The number of carbonyl (C=O) groups is 1. The van der Waals surface area contributed by atoms with Gasteiger partial charge in [-0.25, -0.2) is 9.97 Å². The maximum Gasteiger partial charge on any atom is 0.255 e. The van der Waals surface area contributed by atoms with Gasteiger partial charge in [0.05, 0.1) is 16.9 Å². The summed E-state index contributed by atoms with van der Waals surface area (Å²) in [6.45, 7) is 2.84. The summed E-state index contributed by atoms with van der Waals surface area (Å²) in [4.78, 5) is 22.0. The van der Waals surface area contributed by atoms with E-state index in [4.69, 9.17) is 4.74 Å². The van der Waals surface area contributed by atoms with Crippen molar-refractivity contribution in [3.05, 3.63) is 17.5 Å². The zero-order valence-electron chi connectivity index (χ0n) is 15.4. The van der Waals surface area contributed by atoms with Crippen LogP contribution in [0.1, 0.15) is 67.6 Å². The molecule has 4 fully saturated rings. The van der Waals surface area contributed by atoms with E-state index >= 15 is 0 Å². The van der Waals surface area contributed by atoms with Crippen molar-refractivity contribution in [1.29, 1.82) is 0 Å². The van der Waals surface area contributed by atoms with E-state index in [1.807, 2.05) is 6.26 Å². The van der Waals surface area contributed by atoms with Crippen molar-refractivity contribution in [2.45, 2.75) is 68.4 Å². The van der Waals surface area contributed by atoms with E-state index in [9.17, 15) is 9.90 Å². The normalized spacial score (nSPS) is 35.8. The molecule has 0 spiro atoms. The Hall–Kier alpha value is -1.18. The third-order valence-corrected chi connectivity index (χ3v) is 6.78. The topological polar surface area (TPSA) is 84.3 Å². The SMILES string of the molecule is CCC1CC2(O)CC(C2)[C@@H]1NC(=O)c1cnc(SC)nc1[C@H]1CCCO1. The molecule has 6 nitrogen and oxygen atoms in total. The van der Waals surface area contributed by atoms with Gasteiger partial charge >= 0.3 is 0 Å². The number of aromatic nitrogens is 2. The number of nitrogens with one attached hydrogen (secondary N) is 1. The quantitative estimate of drug-likeness (QED) is 0.606. The fraction of sp³-hybridized carbons (Fsp3) is 0.737. The molecule has 1 aromatic heterocycles. The Balaban J connectivity index is 1.56. The third kappa shape index (κ3) is 3.25. The van der Waals surface area contributed by atoms with E-state index in [1.54, 1.807) is 6.20 Å². The number of aliphatic hydroxyl groups is 1. The molecule has 2 heterocycles. The first-order valence-electron chi connectivity index (χ1n) is 9.59. The van der Waals surface area contributed by atoms with Crippen molar-refractivity contribution in [3.8, 4) is 0 Å². The highest BCUT2D eigenvalue weighted by atomic mass is 32.2. The lowest BCUT2D eigenvalue weighted by Crippen LogP contribution is -2.62. The molecule has 2 N–H and O–H groups in total. The van der Waals surface area contributed by atoms with Gasteiger partial charge in [0, 0.05) is 18.8 Å². The molecule has 3 atom stereocenters. The van der Waals surface area contributed by atoms with Gasteiger partial charge in [0.2, 0.25) is 0 Å². The molecule has 3 aliphatic carbocycles. The number of ether oxygens (including phenoxy) is 1. The van der Waals surface area contributed by atoms with Crippen LogP contribution in [0.15, 0.2) is 11.4 Å². The minimum Gasteiger partial charge on any atom is -0.390 e. The molecule has 2 bridgehead atoms. The van der Waals surface area contributed by atoms with Gasteiger partial charge in [-0.1, -0.05) is 25.1 Å². The summed E-state index contributed by atoms with van der Waals surface area (Å²) in [6.07, 6.45) is 8.69. The van der Waals surface area contributed by atoms with E-state index < -0.39 is 5.60 Å². The summed E-state index contributed by atoms with van der Waals surface area (Å²) in [5.41, 5.74) is 0.761. The molecular weight excluding hydrogens is 350 g/mol. The molecule has 5 rings (SSSR count). The van der Waals surface area contributed by atoms with Crippen LogP contribution in [0.25, 0.3) is 0 Å². The maximum atomic E-state index is 13.1. The van der Waals surface area contributed by atoms with Crippen LogP contribution in [0, 0.1) is 11.8 Å². The summed E-state index contributed by atoms with van der Waals surface area (Å²) < 4.78 is 5.79. The lowest BCUT2D eigenvalue weighted by molar-refractivity contribution is -0.142. The Labute approximate surface area is 158 Å². The fourth-order valence-electron chi connectivity index (χ4n) is 4.89. The van der Waals surface area contributed by atoms with Gasteiger partial charge in [-0.3, -0.25) is 4.79 Å². The van der Waals surface area contributed by atoms with Crippen LogP contribution in [0.4, 0.5) is 0 Å². The lowest BCUT2D eigenvalue weighted by atomic mass is 9.55. The highest BCUT2D eigenvalue weighted by Gasteiger charge is 2.54. The van der Waals surface area contributed by atoms with Crippen LogP contribution >= 0.6 is 11.8 Å². The molecule has 4 aliphatic rings. The summed E-state index contributed by atoms with van der Waals surface area (Å²) in [6, 6.07) is 0.124. The van der Waals surface area contributed by atoms with E-state index in [2.05, 4.69) is 22.2 Å². The third-order valence-electron chi connectivity index (χ3n) is 6.22. The van der Waals surface area contributed by atoms with Crippen molar-refractivity contribution in [2.75, 3.05) is 12.9 Å². The van der Waals surface area contributed by atoms with Gasteiger partial charge in [0.1, 0.15) is 6.10 Å². The number of rotatable bonds is 5. The molecule has 26 heavy (non-hydrogen) atoms. The van der Waals surface area contributed by atoms with Crippen LogP contribution < -0.4 is 5.32 Å². The zero-order valence-corrected chi connectivity index (χ0v) is 16.2. The molecule has 1 unspecified atom stereocenters. The van der Waals surface area contributed by atoms with Crippen LogP contribution in [-0.2, 0) is 4.74 Å². The summed E-state index contributed by atoms with van der Waals surface area (Å²) >= 11 is 1.47. The van der Waals surface area contributed by atoms with E-state index in [0.717, 1.165) is 38.5 Å². The monoisotopic (exact) mass is 377 g/mol. The predicted molar refractivity (Wildman–Crippen MR) is 99.1 cm³/mol. The molecule has 142 valence electrons. The number of hydrogen-bond acceptors (Lipinski definition) is 6. The highest BCUT2D eigenvalue weighted by molar-refractivity contribution is 7.98. The summed E-state index contributed by atoms with van der Waals surface area (Å²) in [5.74, 6) is 0.596. The standard InChI is InChI=1S/C19H27N3O3S/c1-3-11-7-19(24)8-12(9-19)15(11)21-17(23)13-10-20-18(26-2)22-16(13)14-5-4-6-25-14/h10-12,14-15,24H,3-9H2,1-2H3,(H,21,23)/t11?,12?,14-,15-,19?/m1/s1. The van der Waals surface area contributed by atoms with Gasteiger partial charge < -0.3 is 15.2 Å². The molecule has 1 saturated heterocycles. The second-order valence-electron chi connectivity index (χ2n) is 7.92. The smallest absolute Gasteiger partial charge is 0.255 e. The van der Waals surface area contributed by atoms with Crippen LogP contribution in [0.3, 0.4) is 0 Å². The van der Waals surface area contributed by atoms with Crippen LogP contribution in [-0.4, -0.2) is 45.5 Å². The van der Waals surface area contributed by atoms with Crippen molar-refractivity contribution in [2.24, 2.45) is 11.8 Å². The van der Waals surface area contributed by atoms with E-state index in [-0.39, 0.29) is 18.1 Å². The molecule has 0 radical (unpaired) electrons. The first kappa shape index (κ1) is 18.2. The van der Waals surface area contributed by atoms with Crippen molar-refractivity contribution < 1.29 is 14.6 Å². The molecular formula is C19H27N3O3S. The van der Waals surface area contributed by atoms with Crippen molar-refractivity contribution >= 4 is 17.7 Å². The zero-order chi connectivity index (χ0) is 18.3.